The molecule has 2 heterocycles. The zero-order chi connectivity index (χ0) is 17.4. The van der Waals surface area contributed by atoms with Crippen LogP contribution < -0.4 is 5.32 Å². The molecule has 0 fully saturated rings. The molecule has 8 heteroatoms. The molecule has 0 saturated heterocycles. The smallest absolute Gasteiger partial charge is 0.282 e. The Balaban J connectivity index is 1.81. The van der Waals surface area contributed by atoms with Crippen LogP contribution in [0.1, 0.15) is 45.8 Å². The average Bonchev–Trinajstić information content (AvgIpc) is 3.17. The summed E-state index contributed by atoms with van der Waals surface area (Å²) in [5.74, 6) is -0.370. The highest BCUT2D eigenvalue weighted by atomic mass is 32.1. The van der Waals surface area contributed by atoms with Crippen LogP contribution in [0.25, 0.3) is 0 Å². The lowest BCUT2D eigenvalue weighted by Gasteiger charge is -2.06. The monoisotopic (exact) mass is 350 g/mol. The van der Waals surface area contributed by atoms with Crippen LogP contribution in [0.2, 0.25) is 0 Å². The largest absolute Gasteiger partial charge is 0.315 e. The Hall–Kier alpha value is -2.27. The molecular formula is C16H16F2N4OS. The number of amides is 1. The zero-order valence-electron chi connectivity index (χ0n) is 13.3. The normalized spacial score (nSPS) is 13.2. The van der Waals surface area contributed by atoms with Crippen molar-refractivity contribution >= 4 is 22.2 Å². The standard InChI is InChI=1S/C16H16F2N4OS/c1-8-9(2)24-16(11(8)6-19)20-13(23)7-22-12-5-3-4-10(12)14(21-22)15(17)18/h15H,3-5,7H2,1-2H3,(H,20,23). The molecule has 1 N–H and O–H groups in total. The highest BCUT2D eigenvalue weighted by Gasteiger charge is 2.28. The fourth-order valence-corrected chi connectivity index (χ4v) is 4.02. The van der Waals surface area contributed by atoms with E-state index in [-0.39, 0.29) is 18.1 Å². The van der Waals surface area contributed by atoms with Gasteiger partial charge in [-0.3, -0.25) is 9.48 Å². The predicted molar refractivity (Wildman–Crippen MR) is 86.3 cm³/mol. The Morgan fingerprint density at radius 3 is 2.88 bits per heavy atom. The fraction of sp³-hybridized carbons (Fsp3) is 0.438. The van der Waals surface area contributed by atoms with Crippen molar-refractivity contribution in [3.8, 4) is 6.07 Å². The second-order valence-corrected chi connectivity index (χ2v) is 6.99. The van der Waals surface area contributed by atoms with E-state index in [0.29, 0.717) is 29.0 Å². The van der Waals surface area contributed by atoms with Gasteiger partial charge < -0.3 is 5.32 Å². The van der Waals surface area contributed by atoms with Crippen molar-refractivity contribution in [3.05, 3.63) is 33.0 Å². The van der Waals surface area contributed by atoms with Gasteiger partial charge in [-0.05, 0) is 38.7 Å². The molecule has 0 unspecified atom stereocenters. The summed E-state index contributed by atoms with van der Waals surface area (Å²) in [6.45, 7) is 3.58. The molecule has 0 aliphatic heterocycles. The second-order valence-electron chi connectivity index (χ2n) is 5.77. The molecule has 1 aliphatic carbocycles. The number of fused-ring (bicyclic) bond motifs is 1. The van der Waals surface area contributed by atoms with E-state index in [9.17, 15) is 18.8 Å². The van der Waals surface area contributed by atoms with Gasteiger partial charge >= 0.3 is 0 Å². The van der Waals surface area contributed by atoms with Gasteiger partial charge in [-0.25, -0.2) is 8.78 Å². The number of nitriles is 1. The van der Waals surface area contributed by atoms with Crippen LogP contribution in [0.4, 0.5) is 13.8 Å². The van der Waals surface area contributed by atoms with Gasteiger partial charge in [-0.1, -0.05) is 0 Å². The minimum absolute atomic E-state index is 0.129. The number of carbonyl (C=O) groups excluding carboxylic acids is 1. The first kappa shape index (κ1) is 16.6. The van der Waals surface area contributed by atoms with Gasteiger partial charge in [0.25, 0.3) is 6.43 Å². The van der Waals surface area contributed by atoms with Crippen LogP contribution in [0.3, 0.4) is 0 Å². The summed E-state index contributed by atoms with van der Waals surface area (Å²) in [6.07, 6.45) is -0.591. The lowest BCUT2D eigenvalue weighted by Crippen LogP contribution is -2.20. The molecule has 0 bridgehead atoms. The maximum Gasteiger partial charge on any atom is 0.282 e. The summed E-state index contributed by atoms with van der Waals surface area (Å²) in [6, 6.07) is 2.09. The summed E-state index contributed by atoms with van der Waals surface area (Å²) in [5.41, 5.74) is 2.39. The second kappa shape index (κ2) is 6.32. The molecule has 1 aliphatic rings. The first-order chi connectivity index (χ1) is 11.4. The van der Waals surface area contributed by atoms with Crippen LogP contribution in [0, 0.1) is 25.2 Å². The number of anilines is 1. The Kier molecular flexibility index (Phi) is 4.37. The number of aryl methyl sites for hydroxylation is 1. The van der Waals surface area contributed by atoms with Gasteiger partial charge in [0.05, 0.1) is 5.56 Å². The number of nitrogens with one attached hydrogen (secondary N) is 1. The molecular weight excluding hydrogens is 334 g/mol. The molecule has 126 valence electrons. The number of alkyl halides is 2. The van der Waals surface area contributed by atoms with E-state index in [0.717, 1.165) is 22.6 Å². The van der Waals surface area contributed by atoms with Crippen molar-refractivity contribution in [3.63, 3.8) is 0 Å². The first-order valence-electron chi connectivity index (χ1n) is 7.59. The van der Waals surface area contributed by atoms with Crippen LogP contribution in [-0.4, -0.2) is 15.7 Å². The number of hydrogen-bond acceptors (Lipinski definition) is 4. The highest BCUT2D eigenvalue weighted by Crippen LogP contribution is 2.33. The van der Waals surface area contributed by atoms with Crippen molar-refractivity contribution in [2.24, 2.45) is 0 Å². The predicted octanol–water partition coefficient (Wildman–Crippen LogP) is 3.50. The summed E-state index contributed by atoms with van der Waals surface area (Å²) < 4.78 is 27.5. The van der Waals surface area contributed by atoms with Gasteiger partial charge in [0.2, 0.25) is 5.91 Å². The van der Waals surface area contributed by atoms with E-state index in [1.54, 1.807) is 0 Å². The molecule has 0 radical (unpaired) electrons. The van der Waals surface area contributed by atoms with E-state index >= 15 is 0 Å². The molecule has 0 aromatic carbocycles. The lowest BCUT2D eigenvalue weighted by atomic mass is 10.2. The fourth-order valence-electron chi connectivity index (χ4n) is 3.00. The summed E-state index contributed by atoms with van der Waals surface area (Å²) >= 11 is 1.34. The van der Waals surface area contributed by atoms with Crippen molar-refractivity contribution in [2.45, 2.75) is 46.1 Å². The minimum Gasteiger partial charge on any atom is -0.315 e. The van der Waals surface area contributed by atoms with Crippen LogP contribution in [0.5, 0.6) is 0 Å². The molecule has 0 atom stereocenters. The van der Waals surface area contributed by atoms with E-state index < -0.39 is 6.43 Å². The van der Waals surface area contributed by atoms with Crippen molar-refractivity contribution < 1.29 is 13.6 Å². The van der Waals surface area contributed by atoms with Crippen molar-refractivity contribution in [2.75, 3.05) is 5.32 Å². The third-order valence-electron chi connectivity index (χ3n) is 4.29. The average molecular weight is 350 g/mol. The van der Waals surface area contributed by atoms with Gasteiger partial charge in [0, 0.05) is 16.1 Å². The maximum atomic E-state index is 13.1. The quantitative estimate of drug-likeness (QED) is 0.917. The van der Waals surface area contributed by atoms with Crippen LogP contribution >= 0.6 is 11.3 Å². The number of halogens is 2. The molecule has 2 aromatic rings. The molecule has 2 aromatic heterocycles. The number of rotatable bonds is 4. The third kappa shape index (κ3) is 2.80. The summed E-state index contributed by atoms with van der Waals surface area (Å²) in [7, 11) is 0. The highest BCUT2D eigenvalue weighted by molar-refractivity contribution is 7.16. The lowest BCUT2D eigenvalue weighted by molar-refractivity contribution is -0.116. The molecule has 1 amide bonds. The van der Waals surface area contributed by atoms with E-state index in [1.165, 1.54) is 16.0 Å². The number of aromatic nitrogens is 2. The Morgan fingerprint density at radius 2 is 2.21 bits per heavy atom. The van der Waals surface area contributed by atoms with E-state index in [2.05, 4.69) is 16.5 Å². The number of thiophene rings is 1. The van der Waals surface area contributed by atoms with E-state index in [1.807, 2.05) is 13.8 Å². The summed E-state index contributed by atoms with van der Waals surface area (Å²) in [5, 5.41) is 16.3. The SMILES string of the molecule is Cc1sc(NC(=O)Cn2nc(C(F)F)c3c2CCC3)c(C#N)c1C. The van der Waals surface area contributed by atoms with Gasteiger partial charge in [0.15, 0.2) is 0 Å². The first-order valence-corrected chi connectivity index (χ1v) is 8.40. The summed E-state index contributed by atoms with van der Waals surface area (Å²) in [4.78, 5) is 13.2. The topological polar surface area (TPSA) is 70.7 Å². The molecule has 0 saturated carbocycles. The molecule has 0 spiro atoms. The van der Waals surface area contributed by atoms with Crippen LogP contribution in [-0.2, 0) is 24.2 Å². The Bertz CT molecular complexity index is 847. The Morgan fingerprint density at radius 1 is 1.46 bits per heavy atom. The zero-order valence-corrected chi connectivity index (χ0v) is 14.1. The van der Waals surface area contributed by atoms with Gasteiger partial charge in [-0.2, -0.15) is 10.4 Å². The van der Waals surface area contributed by atoms with Crippen molar-refractivity contribution in [1.29, 1.82) is 5.26 Å². The number of carbonyl (C=O) groups is 1. The molecule has 5 nitrogen and oxygen atoms in total. The van der Waals surface area contributed by atoms with Crippen LogP contribution in [0.15, 0.2) is 0 Å². The number of hydrogen-bond donors (Lipinski definition) is 1. The molecule has 3 rings (SSSR count). The number of nitrogens with zero attached hydrogens (tertiary/aromatic N) is 3. The maximum absolute atomic E-state index is 13.1. The van der Waals surface area contributed by atoms with Gasteiger partial charge in [-0.15, -0.1) is 11.3 Å². The van der Waals surface area contributed by atoms with Crippen molar-refractivity contribution in [1.82, 2.24) is 9.78 Å². The Labute approximate surface area is 141 Å². The molecule has 24 heavy (non-hydrogen) atoms. The minimum atomic E-state index is -2.63. The van der Waals surface area contributed by atoms with Gasteiger partial charge in [0.1, 0.15) is 23.3 Å². The third-order valence-corrected chi connectivity index (χ3v) is 5.41. The van der Waals surface area contributed by atoms with E-state index in [4.69, 9.17) is 0 Å².